The van der Waals surface area contributed by atoms with Gasteiger partial charge in [-0.2, -0.15) is 0 Å². The first-order valence-electron chi connectivity index (χ1n) is 17.6. The van der Waals surface area contributed by atoms with E-state index in [0.29, 0.717) is 33.4 Å². The van der Waals surface area contributed by atoms with Crippen molar-refractivity contribution < 1.29 is 19.8 Å². The average Bonchev–Trinajstić information content (AvgIpc) is 3.76. The highest BCUT2D eigenvalue weighted by atomic mass is 16.3. The highest BCUT2D eigenvalue weighted by molar-refractivity contribution is 6.21. The molecular weight excluding hydrogens is 512 g/mol. The Balaban J connectivity index is 1.36. The first-order chi connectivity index (χ1) is 24.2. The molecule has 0 N–H and O–H groups in total. The van der Waals surface area contributed by atoms with Crippen LogP contribution in [0.3, 0.4) is 0 Å². The van der Waals surface area contributed by atoms with Crippen LogP contribution in [0.2, 0.25) is 0 Å². The molecule has 7 aromatic carbocycles. The molecule has 0 saturated heterocycles. The van der Waals surface area contributed by atoms with Gasteiger partial charge >= 0.3 is 0 Å². The van der Waals surface area contributed by atoms with Gasteiger partial charge in [-0.05, 0) is 61.5 Å². The Morgan fingerprint density at radius 2 is 1.10 bits per heavy atom. The van der Waals surface area contributed by atoms with Gasteiger partial charge in [-0.25, -0.2) is 0 Å². The number of para-hydroxylation sites is 1. The highest BCUT2D eigenvalue weighted by Gasteiger charge is 2.17. The minimum Gasteiger partial charge on any atom is -0.464 e. The van der Waals surface area contributed by atoms with E-state index in [9.17, 15) is 0 Å². The first kappa shape index (κ1) is 16.6. The zero-order valence-corrected chi connectivity index (χ0v) is 22.1. The van der Waals surface area contributed by atoms with Crippen LogP contribution in [0.25, 0.3) is 87.8 Å². The Morgan fingerprint density at radius 3 is 1.76 bits per heavy atom. The lowest BCUT2D eigenvalue weighted by Gasteiger charge is -2.18. The zero-order valence-electron chi connectivity index (χ0n) is 30.1. The van der Waals surface area contributed by atoms with E-state index in [1.165, 1.54) is 0 Å². The minimum absolute atomic E-state index is 0.184. The van der Waals surface area contributed by atoms with E-state index in [1.807, 2.05) is 66.7 Å². The van der Waals surface area contributed by atoms with Gasteiger partial charge in [0.1, 0.15) is 16.7 Å². The zero-order chi connectivity index (χ0) is 34.6. The maximum Gasteiger partial charge on any atom is 0.143 e. The van der Waals surface area contributed by atoms with Gasteiger partial charge < -0.3 is 8.83 Å². The Morgan fingerprint density at radius 1 is 0.476 bits per heavy atom. The fourth-order valence-corrected chi connectivity index (χ4v) is 6.11. The number of hydrogen-bond donors (Lipinski definition) is 0. The van der Waals surface area contributed by atoms with Gasteiger partial charge in [0.25, 0.3) is 0 Å². The average molecular weight is 545 g/mol. The lowest BCUT2D eigenvalue weighted by atomic mass is 9.85. The smallest absolute Gasteiger partial charge is 0.143 e. The number of fused-ring (bicyclic) bond motifs is 6. The third-order valence-electron chi connectivity index (χ3n) is 7.99. The van der Waals surface area contributed by atoms with Crippen LogP contribution in [0.1, 0.15) is 11.0 Å². The minimum atomic E-state index is -0.428. The number of benzene rings is 7. The number of furan rings is 2. The van der Waals surface area contributed by atoms with E-state index in [-0.39, 0.29) is 45.7 Å². The summed E-state index contributed by atoms with van der Waals surface area (Å²) in [5.74, 6) is 0. The van der Waals surface area contributed by atoms with Crippen LogP contribution in [0.5, 0.6) is 0 Å². The van der Waals surface area contributed by atoms with Crippen molar-refractivity contribution in [2.45, 2.75) is 0 Å². The fraction of sp³-hybridized carbons (Fsp3) is 0. The maximum atomic E-state index is 9.13. The molecule has 2 heterocycles. The standard InChI is InChI=1S/C40H24O2/c1-2-9-26(10-3-1)38-30-11-4-6-13-32(30)39(33-14-7-5-12-31(33)38)27-19-17-25(18-20-27)29-15-8-16-34-35-23-28-21-22-41-36(28)24-37(35)42-40(29)34/h1-24H/i4D,5D,6D,7D,11D,12D,13D,14D. The molecule has 0 aliphatic heterocycles. The highest BCUT2D eigenvalue weighted by Crippen LogP contribution is 2.44. The van der Waals surface area contributed by atoms with Crippen LogP contribution in [0.4, 0.5) is 0 Å². The van der Waals surface area contributed by atoms with Gasteiger partial charge in [0.15, 0.2) is 0 Å². The molecule has 0 amide bonds. The Kier molecular flexibility index (Phi) is 3.54. The predicted octanol–water partition coefficient (Wildman–Crippen LogP) is 11.6. The van der Waals surface area contributed by atoms with Gasteiger partial charge in [0.2, 0.25) is 0 Å². The summed E-state index contributed by atoms with van der Waals surface area (Å²) in [5, 5.41) is 3.64. The van der Waals surface area contributed by atoms with Crippen molar-refractivity contribution in [3.05, 3.63) is 146 Å². The molecule has 2 aromatic heterocycles. The van der Waals surface area contributed by atoms with Crippen LogP contribution in [0.15, 0.2) is 154 Å². The molecule has 2 nitrogen and oxygen atoms in total. The van der Waals surface area contributed by atoms with Crippen LogP contribution in [-0.4, -0.2) is 0 Å². The summed E-state index contributed by atoms with van der Waals surface area (Å²) in [6.45, 7) is 0. The van der Waals surface area contributed by atoms with E-state index < -0.39 is 24.2 Å². The van der Waals surface area contributed by atoms with Crippen molar-refractivity contribution in [3.63, 3.8) is 0 Å². The van der Waals surface area contributed by atoms with Gasteiger partial charge in [0.05, 0.1) is 17.2 Å². The Hall–Kier alpha value is -5.60. The topological polar surface area (TPSA) is 26.3 Å². The van der Waals surface area contributed by atoms with Crippen molar-refractivity contribution in [2.24, 2.45) is 0 Å². The molecule has 0 unspecified atom stereocenters. The normalized spacial score (nSPS) is 14.5. The van der Waals surface area contributed by atoms with E-state index in [0.717, 1.165) is 32.9 Å². The van der Waals surface area contributed by atoms with Gasteiger partial charge in [-0.1, -0.05) is 121 Å². The predicted molar refractivity (Wildman–Crippen MR) is 175 cm³/mol. The van der Waals surface area contributed by atoms with E-state index in [4.69, 9.17) is 19.8 Å². The van der Waals surface area contributed by atoms with Gasteiger partial charge in [-0.3, -0.25) is 0 Å². The molecule has 0 saturated carbocycles. The first-order valence-corrected chi connectivity index (χ1v) is 13.6. The van der Waals surface area contributed by atoms with Gasteiger partial charge in [-0.15, -0.1) is 0 Å². The summed E-state index contributed by atoms with van der Waals surface area (Å²) >= 11 is 0. The molecule has 0 bridgehead atoms. The summed E-state index contributed by atoms with van der Waals surface area (Å²) in [5.41, 5.74) is 5.57. The number of hydrogen-bond acceptors (Lipinski definition) is 2. The molecular formula is C40H24O2. The summed E-state index contributed by atoms with van der Waals surface area (Å²) in [7, 11) is 0. The van der Waals surface area contributed by atoms with Crippen molar-refractivity contribution >= 4 is 54.5 Å². The quantitative estimate of drug-likeness (QED) is 0.207. The third kappa shape index (κ3) is 3.39. The molecule has 9 rings (SSSR count). The molecule has 0 aliphatic carbocycles. The molecule has 196 valence electrons. The summed E-state index contributed by atoms with van der Waals surface area (Å²) in [6.07, 6.45) is 1.65. The molecule has 0 atom stereocenters. The van der Waals surface area contributed by atoms with E-state index in [2.05, 4.69) is 0 Å². The molecule has 42 heavy (non-hydrogen) atoms. The summed E-state index contributed by atoms with van der Waals surface area (Å²) < 4.78 is 82.8. The van der Waals surface area contributed by atoms with E-state index in [1.54, 1.807) is 30.5 Å². The molecule has 0 radical (unpaired) electrons. The van der Waals surface area contributed by atoms with Crippen molar-refractivity contribution in [3.8, 4) is 33.4 Å². The lowest BCUT2D eigenvalue weighted by Crippen LogP contribution is -1.90. The second-order valence-electron chi connectivity index (χ2n) is 10.3. The second kappa shape index (κ2) is 8.95. The molecule has 0 fully saturated rings. The third-order valence-corrected chi connectivity index (χ3v) is 7.99. The van der Waals surface area contributed by atoms with Crippen molar-refractivity contribution in [1.82, 2.24) is 0 Å². The second-order valence-corrected chi connectivity index (χ2v) is 10.3. The largest absolute Gasteiger partial charge is 0.464 e. The fourth-order valence-electron chi connectivity index (χ4n) is 6.11. The van der Waals surface area contributed by atoms with Gasteiger partial charge in [0, 0.05) is 27.8 Å². The number of rotatable bonds is 3. The molecule has 0 spiro atoms. The SMILES string of the molecule is [2H]c1c([2H])c([2H])c2c(-c3ccc(-c4cccc5c4oc4cc6occc6cc45)cc3)c3c([2H])c([2H])c([2H])c([2H])c3c(-c3ccccc3)c2c1[2H]. The van der Waals surface area contributed by atoms with Crippen molar-refractivity contribution in [1.29, 1.82) is 0 Å². The lowest BCUT2D eigenvalue weighted by molar-refractivity contribution is 0.613. The Bertz CT molecular complexity index is 2810. The maximum absolute atomic E-state index is 9.13. The monoisotopic (exact) mass is 544 g/mol. The van der Waals surface area contributed by atoms with E-state index >= 15 is 0 Å². The van der Waals surface area contributed by atoms with Crippen LogP contribution in [0, 0.1) is 0 Å². The van der Waals surface area contributed by atoms with Crippen LogP contribution >= 0.6 is 0 Å². The van der Waals surface area contributed by atoms with Crippen molar-refractivity contribution in [2.75, 3.05) is 0 Å². The van der Waals surface area contributed by atoms with Crippen LogP contribution in [-0.2, 0) is 0 Å². The van der Waals surface area contributed by atoms with Crippen LogP contribution < -0.4 is 0 Å². The molecule has 0 aliphatic rings. The summed E-state index contributed by atoms with van der Waals surface area (Å²) in [4.78, 5) is 0. The Labute approximate surface area is 253 Å². The molecule has 9 aromatic rings. The molecule has 2 heteroatoms. The summed E-state index contributed by atoms with van der Waals surface area (Å²) in [6, 6.07) is 25.3.